The molecule has 0 amide bonds. The lowest BCUT2D eigenvalue weighted by Crippen LogP contribution is -2.50. The molecule has 3 rings (SSSR count). The number of rotatable bonds is 5. The van der Waals surface area contributed by atoms with Crippen molar-refractivity contribution in [3.05, 3.63) is 29.8 Å². The smallest absolute Gasteiger partial charge is 0.0236 e. The van der Waals surface area contributed by atoms with E-state index >= 15 is 0 Å². The Morgan fingerprint density at radius 3 is 2.36 bits per heavy atom. The molecule has 2 saturated heterocycles. The first-order chi connectivity index (χ1) is 10.8. The van der Waals surface area contributed by atoms with Crippen LogP contribution in [0.25, 0.3) is 0 Å². The van der Waals surface area contributed by atoms with Gasteiger partial charge in [0, 0.05) is 56.8 Å². The number of hydrogen-bond donors (Lipinski definition) is 0. The van der Waals surface area contributed by atoms with Gasteiger partial charge in [0.05, 0.1) is 0 Å². The zero-order valence-corrected chi connectivity index (χ0v) is 14.8. The molecule has 122 valence electrons. The summed E-state index contributed by atoms with van der Waals surface area (Å²) in [4.78, 5) is 9.28. The largest absolute Gasteiger partial charge is 0.301 e. The Morgan fingerprint density at radius 1 is 1.00 bits per heavy atom. The van der Waals surface area contributed by atoms with Crippen molar-refractivity contribution >= 4 is 11.8 Å². The van der Waals surface area contributed by atoms with E-state index in [9.17, 15) is 0 Å². The molecule has 0 aromatic heterocycles. The fourth-order valence-corrected chi connectivity index (χ4v) is 4.10. The third-order valence-electron chi connectivity index (χ3n) is 5.18. The number of nitrogens with zero attached hydrogens (tertiary/aromatic N) is 3. The van der Waals surface area contributed by atoms with Crippen LogP contribution in [-0.4, -0.2) is 72.8 Å². The van der Waals surface area contributed by atoms with Crippen molar-refractivity contribution < 1.29 is 0 Å². The number of likely N-dealkylation sites (tertiary alicyclic amines) is 1. The van der Waals surface area contributed by atoms with Crippen LogP contribution in [0.2, 0.25) is 0 Å². The summed E-state index contributed by atoms with van der Waals surface area (Å²) in [7, 11) is 0. The van der Waals surface area contributed by atoms with Gasteiger partial charge in [0.25, 0.3) is 0 Å². The van der Waals surface area contributed by atoms with E-state index in [4.69, 9.17) is 0 Å². The number of thioether (sulfide) groups is 1. The zero-order valence-electron chi connectivity index (χ0n) is 14.0. The van der Waals surface area contributed by atoms with Crippen molar-refractivity contribution in [3.63, 3.8) is 0 Å². The van der Waals surface area contributed by atoms with Crippen molar-refractivity contribution in [3.8, 4) is 0 Å². The third-order valence-corrected chi connectivity index (χ3v) is 5.93. The molecule has 2 fully saturated rings. The lowest BCUT2D eigenvalue weighted by molar-refractivity contribution is 0.101. The summed E-state index contributed by atoms with van der Waals surface area (Å²) in [6, 6.07) is 9.86. The van der Waals surface area contributed by atoms with Gasteiger partial charge >= 0.3 is 0 Å². The number of benzene rings is 1. The average Bonchev–Trinajstić information content (AvgIpc) is 3.04. The van der Waals surface area contributed by atoms with Crippen LogP contribution >= 0.6 is 11.8 Å². The molecule has 1 aromatic carbocycles. The van der Waals surface area contributed by atoms with Crippen LogP contribution in [-0.2, 0) is 6.54 Å². The molecule has 2 heterocycles. The summed E-state index contributed by atoms with van der Waals surface area (Å²) in [5.74, 6) is 0. The SMILES string of the molecule is CCN1CCN([C@@H]2CCN(Cc3ccc(SC)cc3)C2)CC1. The molecule has 0 bridgehead atoms. The minimum atomic E-state index is 0.782. The minimum absolute atomic E-state index is 0.782. The van der Waals surface area contributed by atoms with Crippen molar-refractivity contribution in [1.29, 1.82) is 0 Å². The topological polar surface area (TPSA) is 9.72 Å². The Bertz CT molecular complexity index is 454. The van der Waals surface area contributed by atoms with Crippen molar-refractivity contribution in [1.82, 2.24) is 14.7 Å². The Balaban J connectivity index is 1.47. The van der Waals surface area contributed by atoms with Gasteiger partial charge in [-0.25, -0.2) is 0 Å². The minimum Gasteiger partial charge on any atom is -0.301 e. The van der Waals surface area contributed by atoms with Crippen LogP contribution in [0.15, 0.2) is 29.2 Å². The van der Waals surface area contributed by atoms with Crippen molar-refractivity contribution in [2.45, 2.75) is 30.8 Å². The highest BCUT2D eigenvalue weighted by Gasteiger charge is 2.29. The standard InChI is InChI=1S/C18H29N3S/c1-3-19-10-12-21(13-11-19)17-8-9-20(15-17)14-16-4-6-18(22-2)7-5-16/h4-7,17H,3,8-15H2,1-2H3/t17-/m1/s1. The second kappa shape index (κ2) is 7.82. The average molecular weight is 320 g/mol. The second-order valence-corrected chi connectivity index (χ2v) is 7.38. The molecule has 1 atom stereocenters. The summed E-state index contributed by atoms with van der Waals surface area (Å²) in [6.45, 7) is 12.1. The van der Waals surface area contributed by atoms with Crippen molar-refractivity contribution in [2.75, 3.05) is 52.1 Å². The number of hydrogen-bond acceptors (Lipinski definition) is 4. The summed E-state index contributed by atoms with van der Waals surface area (Å²) in [5.41, 5.74) is 1.45. The fourth-order valence-electron chi connectivity index (χ4n) is 3.69. The van der Waals surface area contributed by atoms with Crippen LogP contribution in [0.3, 0.4) is 0 Å². The lowest BCUT2D eigenvalue weighted by atomic mass is 10.2. The van der Waals surface area contributed by atoms with E-state index in [1.54, 1.807) is 0 Å². The van der Waals surface area contributed by atoms with Gasteiger partial charge in [-0.1, -0.05) is 19.1 Å². The molecule has 0 aliphatic carbocycles. The molecule has 4 heteroatoms. The van der Waals surface area contributed by atoms with E-state index in [-0.39, 0.29) is 0 Å². The van der Waals surface area contributed by atoms with Gasteiger partial charge in [0.1, 0.15) is 0 Å². The van der Waals surface area contributed by atoms with E-state index in [1.165, 1.54) is 62.7 Å². The first-order valence-corrected chi connectivity index (χ1v) is 9.82. The molecule has 3 nitrogen and oxygen atoms in total. The molecule has 0 N–H and O–H groups in total. The molecule has 2 aliphatic heterocycles. The first kappa shape index (κ1) is 16.3. The number of likely N-dealkylation sites (N-methyl/N-ethyl adjacent to an activating group) is 1. The highest BCUT2D eigenvalue weighted by Crippen LogP contribution is 2.21. The highest BCUT2D eigenvalue weighted by molar-refractivity contribution is 7.98. The molecule has 0 saturated carbocycles. The van der Waals surface area contributed by atoms with E-state index in [2.05, 4.69) is 52.1 Å². The summed E-state index contributed by atoms with van der Waals surface area (Å²) >= 11 is 1.82. The number of piperazine rings is 1. The Kier molecular flexibility index (Phi) is 5.80. The molecular weight excluding hydrogens is 290 g/mol. The monoisotopic (exact) mass is 319 g/mol. The Hall–Kier alpha value is -0.550. The Morgan fingerprint density at radius 2 is 1.73 bits per heavy atom. The fraction of sp³-hybridized carbons (Fsp3) is 0.667. The molecule has 0 radical (unpaired) electrons. The normalized spacial score (nSPS) is 24.9. The molecular formula is C18H29N3S. The summed E-state index contributed by atoms with van der Waals surface area (Å²) in [6.07, 6.45) is 3.48. The van der Waals surface area contributed by atoms with Gasteiger partial charge in [0.2, 0.25) is 0 Å². The first-order valence-electron chi connectivity index (χ1n) is 8.60. The van der Waals surface area contributed by atoms with Crippen LogP contribution in [0, 0.1) is 0 Å². The van der Waals surface area contributed by atoms with Crippen molar-refractivity contribution in [2.24, 2.45) is 0 Å². The third kappa shape index (κ3) is 4.05. The predicted molar refractivity (Wildman–Crippen MR) is 95.6 cm³/mol. The molecule has 0 unspecified atom stereocenters. The van der Waals surface area contributed by atoms with Crippen LogP contribution in [0.4, 0.5) is 0 Å². The van der Waals surface area contributed by atoms with E-state index in [1.807, 2.05) is 11.8 Å². The second-order valence-electron chi connectivity index (χ2n) is 6.50. The maximum atomic E-state index is 2.73. The molecule has 22 heavy (non-hydrogen) atoms. The zero-order chi connectivity index (χ0) is 15.4. The molecule has 2 aliphatic rings. The van der Waals surface area contributed by atoms with Gasteiger partial charge in [-0.05, 0) is 36.9 Å². The van der Waals surface area contributed by atoms with Crippen LogP contribution < -0.4 is 0 Å². The maximum absolute atomic E-state index is 2.73. The van der Waals surface area contributed by atoms with E-state index in [0.717, 1.165) is 12.6 Å². The predicted octanol–water partition coefficient (Wildman–Crippen LogP) is 2.62. The van der Waals surface area contributed by atoms with Gasteiger partial charge in [0.15, 0.2) is 0 Å². The molecule has 1 aromatic rings. The Labute approximate surface area is 139 Å². The summed E-state index contributed by atoms with van der Waals surface area (Å²) in [5, 5.41) is 0. The summed E-state index contributed by atoms with van der Waals surface area (Å²) < 4.78 is 0. The van der Waals surface area contributed by atoms with Gasteiger partial charge in [-0.2, -0.15) is 0 Å². The quantitative estimate of drug-likeness (QED) is 0.772. The highest BCUT2D eigenvalue weighted by atomic mass is 32.2. The molecule has 0 spiro atoms. The van der Waals surface area contributed by atoms with E-state index in [0.29, 0.717) is 0 Å². The van der Waals surface area contributed by atoms with E-state index < -0.39 is 0 Å². The maximum Gasteiger partial charge on any atom is 0.0236 e. The van der Waals surface area contributed by atoms with Gasteiger partial charge in [-0.3, -0.25) is 9.80 Å². The van der Waals surface area contributed by atoms with Crippen LogP contribution in [0.1, 0.15) is 18.9 Å². The van der Waals surface area contributed by atoms with Crippen LogP contribution in [0.5, 0.6) is 0 Å². The van der Waals surface area contributed by atoms with Gasteiger partial charge in [-0.15, -0.1) is 11.8 Å². The lowest BCUT2D eigenvalue weighted by Gasteiger charge is -2.37. The van der Waals surface area contributed by atoms with Gasteiger partial charge < -0.3 is 4.90 Å².